The predicted molar refractivity (Wildman–Crippen MR) is 40.1 cm³/mol. The Labute approximate surface area is 64.5 Å². The first-order valence-electron chi connectivity index (χ1n) is 3.20. The number of nitrogens with zero attached hydrogens (tertiary/aromatic N) is 3. The summed E-state index contributed by atoms with van der Waals surface area (Å²) < 4.78 is 0. The van der Waals surface area contributed by atoms with Gasteiger partial charge in [0.2, 0.25) is 0 Å². The third-order valence-corrected chi connectivity index (χ3v) is 1.20. The van der Waals surface area contributed by atoms with Gasteiger partial charge < -0.3 is 0 Å². The summed E-state index contributed by atoms with van der Waals surface area (Å²) in [7, 11) is 0. The molecule has 4 heteroatoms. The quantitative estimate of drug-likeness (QED) is 0.506. The predicted octanol–water partition coefficient (Wildman–Crippen LogP) is 2.58. The van der Waals surface area contributed by atoms with Gasteiger partial charge in [0.05, 0.1) is 6.54 Å². The Balaban J connectivity index is 2.51. The summed E-state index contributed by atoms with van der Waals surface area (Å²) in [5.74, 6) is 0. The van der Waals surface area contributed by atoms with E-state index in [1.807, 2.05) is 30.3 Å². The molecule has 0 saturated heterocycles. The highest BCUT2D eigenvalue weighted by atomic mass is 15.4. The molecule has 1 rings (SSSR count). The van der Waals surface area contributed by atoms with Crippen molar-refractivity contribution in [2.75, 3.05) is 0 Å². The molecule has 1 aromatic carbocycles. The minimum Gasteiger partial charge on any atom is -0.183 e. The molecule has 11 heavy (non-hydrogen) atoms. The number of hydrogen-bond acceptors (Lipinski definition) is 2. The van der Waals surface area contributed by atoms with Crippen molar-refractivity contribution in [2.24, 2.45) is 15.6 Å². The van der Waals surface area contributed by atoms with E-state index >= 15 is 0 Å². The van der Waals surface area contributed by atoms with Crippen LogP contribution in [0.25, 0.3) is 0 Å². The Kier molecular flexibility index (Phi) is 2.92. The van der Waals surface area contributed by atoms with Crippen LogP contribution in [-0.2, 0) is 6.54 Å². The van der Waals surface area contributed by atoms with E-state index in [2.05, 4.69) is 15.6 Å². The van der Waals surface area contributed by atoms with E-state index in [9.17, 15) is 0 Å². The second-order valence-corrected chi connectivity index (χ2v) is 1.97. The van der Waals surface area contributed by atoms with E-state index in [1.165, 1.54) is 0 Å². The highest BCUT2D eigenvalue weighted by Gasteiger charge is 1.85. The van der Waals surface area contributed by atoms with Gasteiger partial charge in [-0.2, -0.15) is 10.6 Å². The largest absolute Gasteiger partial charge is 0.183 e. The number of rotatable bonds is 3. The second-order valence-electron chi connectivity index (χ2n) is 1.97. The second kappa shape index (κ2) is 4.27. The average Bonchev–Trinajstić information content (AvgIpc) is 2.07. The van der Waals surface area contributed by atoms with Gasteiger partial charge in [0.15, 0.2) is 0 Å². The van der Waals surface area contributed by atoms with Gasteiger partial charge in [-0.1, -0.05) is 30.3 Å². The van der Waals surface area contributed by atoms with E-state index < -0.39 is 0 Å². The van der Waals surface area contributed by atoms with Crippen molar-refractivity contribution < 1.29 is 0 Å². The summed E-state index contributed by atoms with van der Waals surface area (Å²) in [5.41, 5.74) is 7.40. The zero-order valence-corrected chi connectivity index (χ0v) is 5.94. The van der Waals surface area contributed by atoms with Crippen LogP contribution in [0.15, 0.2) is 45.9 Å². The van der Waals surface area contributed by atoms with Crippen LogP contribution in [0.3, 0.4) is 0 Å². The first-order chi connectivity index (χ1) is 5.43. The summed E-state index contributed by atoms with van der Waals surface area (Å²) in [5, 5.41) is 9.57. The first kappa shape index (κ1) is 7.53. The van der Waals surface area contributed by atoms with Crippen LogP contribution in [0.1, 0.15) is 5.56 Å². The van der Waals surface area contributed by atoms with E-state index in [0.29, 0.717) is 6.54 Å². The van der Waals surface area contributed by atoms with Crippen molar-refractivity contribution in [3.8, 4) is 0 Å². The lowest BCUT2D eigenvalue weighted by Gasteiger charge is -1.90. The zero-order chi connectivity index (χ0) is 7.94. The van der Waals surface area contributed by atoms with E-state index in [1.54, 1.807) is 0 Å². The van der Waals surface area contributed by atoms with Crippen LogP contribution >= 0.6 is 0 Å². The fourth-order valence-corrected chi connectivity index (χ4v) is 0.728. The summed E-state index contributed by atoms with van der Waals surface area (Å²) in [6, 6.07) is 9.70. The van der Waals surface area contributed by atoms with Gasteiger partial charge in [-0.05, 0) is 16.0 Å². The maximum absolute atomic E-state index is 6.33. The SMILES string of the molecule is N=NN=NCc1ccccc1. The molecule has 0 aromatic heterocycles. The Morgan fingerprint density at radius 1 is 1.18 bits per heavy atom. The molecule has 0 spiro atoms. The monoisotopic (exact) mass is 148 g/mol. The van der Waals surface area contributed by atoms with Crippen LogP contribution in [-0.4, -0.2) is 0 Å². The van der Waals surface area contributed by atoms with Gasteiger partial charge in [0.25, 0.3) is 0 Å². The maximum atomic E-state index is 6.33. The van der Waals surface area contributed by atoms with Crippen molar-refractivity contribution in [3.63, 3.8) is 0 Å². The Bertz CT molecular complexity index is 242. The molecule has 0 aliphatic rings. The highest BCUT2D eigenvalue weighted by Crippen LogP contribution is 1.99. The minimum atomic E-state index is 0.489. The fraction of sp³-hybridized carbons (Fsp3) is 0.143. The van der Waals surface area contributed by atoms with Crippen LogP contribution in [0.2, 0.25) is 0 Å². The lowest BCUT2D eigenvalue weighted by atomic mass is 10.2. The van der Waals surface area contributed by atoms with Crippen molar-refractivity contribution in [1.82, 2.24) is 0 Å². The average molecular weight is 148 g/mol. The molecule has 0 atom stereocenters. The van der Waals surface area contributed by atoms with Crippen molar-refractivity contribution in [1.29, 1.82) is 5.53 Å². The lowest BCUT2D eigenvalue weighted by molar-refractivity contribution is 0.827. The minimum absolute atomic E-state index is 0.489. The fourth-order valence-electron chi connectivity index (χ4n) is 0.728. The summed E-state index contributed by atoms with van der Waals surface area (Å²) in [6.45, 7) is 0.489. The molecule has 1 aromatic rings. The molecule has 0 radical (unpaired) electrons. The summed E-state index contributed by atoms with van der Waals surface area (Å²) in [6.07, 6.45) is 0. The normalized spacial score (nSPS) is 10.2. The molecular weight excluding hydrogens is 140 g/mol. The van der Waals surface area contributed by atoms with E-state index in [-0.39, 0.29) is 0 Å². The molecule has 56 valence electrons. The van der Waals surface area contributed by atoms with Crippen LogP contribution < -0.4 is 0 Å². The Morgan fingerprint density at radius 2 is 1.91 bits per heavy atom. The molecule has 0 aliphatic heterocycles. The number of hydrogen-bond donors (Lipinski definition) is 1. The van der Waals surface area contributed by atoms with Gasteiger partial charge in [-0.3, -0.25) is 0 Å². The Morgan fingerprint density at radius 3 is 2.55 bits per heavy atom. The van der Waals surface area contributed by atoms with Gasteiger partial charge in [-0.25, -0.2) is 0 Å². The molecule has 0 fully saturated rings. The molecule has 0 bridgehead atoms. The van der Waals surface area contributed by atoms with E-state index in [0.717, 1.165) is 5.56 Å². The molecule has 4 nitrogen and oxygen atoms in total. The van der Waals surface area contributed by atoms with Gasteiger partial charge >= 0.3 is 0 Å². The van der Waals surface area contributed by atoms with Crippen LogP contribution in [0.5, 0.6) is 0 Å². The topological polar surface area (TPSA) is 60.9 Å². The molecular formula is C7H8N4. The number of benzene rings is 1. The molecule has 0 aliphatic carbocycles. The van der Waals surface area contributed by atoms with Crippen LogP contribution in [0.4, 0.5) is 0 Å². The van der Waals surface area contributed by atoms with Gasteiger partial charge in [0, 0.05) is 0 Å². The van der Waals surface area contributed by atoms with E-state index in [4.69, 9.17) is 5.53 Å². The lowest BCUT2D eigenvalue weighted by Crippen LogP contribution is -1.76. The third kappa shape index (κ3) is 2.66. The first-order valence-corrected chi connectivity index (χ1v) is 3.20. The summed E-state index contributed by atoms with van der Waals surface area (Å²) in [4.78, 5) is 0. The third-order valence-electron chi connectivity index (χ3n) is 1.20. The standard InChI is InChI=1S/C7H8N4/c8-10-11-9-6-7-4-2-1-3-5-7/h1-5,8H,6H2. The van der Waals surface area contributed by atoms with Crippen molar-refractivity contribution in [2.45, 2.75) is 6.54 Å². The molecule has 0 unspecified atom stereocenters. The number of nitrogens with one attached hydrogen (secondary N) is 1. The highest BCUT2D eigenvalue weighted by molar-refractivity contribution is 5.13. The van der Waals surface area contributed by atoms with Crippen LogP contribution in [0, 0.1) is 5.53 Å². The smallest absolute Gasteiger partial charge is 0.0872 e. The molecule has 0 heterocycles. The maximum Gasteiger partial charge on any atom is 0.0872 e. The van der Waals surface area contributed by atoms with Crippen molar-refractivity contribution in [3.05, 3.63) is 35.9 Å². The Hall–Kier alpha value is -1.58. The molecule has 0 amide bonds. The van der Waals surface area contributed by atoms with Crippen molar-refractivity contribution >= 4 is 0 Å². The molecule has 1 N–H and O–H groups in total. The van der Waals surface area contributed by atoms with Gasteiger partial charge in [-0.15, -0.1) is 0 Å². The molecule has 0 saturated carbocycles. The van der Waals surface area contributed by atoms with Gasteiger partial charge in [0.1, 0.15) is 0 Å². The zero-order valence-electron chi connectivity index (χ0n) is 5.94. The summed E-state index contributed by atoms with van der Waals surface area (Å²) >= 11 is 0.